The first-order chi connectivity index (χ1) is 9.09. The van der Waals surface area contributed by atoms with Gasteiger partial charge in [0.1, 0.15) is 5.76 Å². The molecule has 0 aliphatic heterocycles. The van der Waals surface area contributed by atoms with Crippen LogP contribution in [-0.2, 0) is 4.79 Å². The van der Waals surface area contributed by atoms with Crippen molar-refractivity contribution in [3.8, 4) is 0 Å². The normalized spacial score (nSPS) is 12.1. The predicted molar refractivity (Wildman–Crippen MR) is 80.8 cm³/mol. The molecule has 0 aliphatic rings. The van der Waals surface area contributed by atoms with E-state index in [2.05, 4.69) is 0 Å². The van der Waals surface area contributed by atoms with Crippen molar-refractivity contribution in [1.29, 1.82) is 0 Å². The maximum Gasteiger partial charge on any atom is 0.164 e. The Hall–Kier alpha value is -1.52. The quantitative estimate of drug-likeness (QED) is 0.650. The topological polar surface area (TPSA) is 37.3 Å². The molecule has 0 atom stereocenters. The summed E-state index contributed by atoms with van der Waals surface area (Å²) < 4.78 is 0. The van der Waals surface area contributed by atoms with E-state index in [1.54, 1.807) is 18.7 Å². The lowest BCUT2D eigenvalue weighted by Gasteiger charge is -2.06. The molecule has 1 heterocycles. The van der Waals surface area contributed by atoms with Crippen molar-refractivity contribution in [2.45, 2.75) is 23.6 Å². The van der Waals surface area contributed by atoms with Crippen LogP contribution < -0.4 is 0 Å². The van der Waals surface area contributed by atoms with Crippen LogP contribution in [0, 0.1) is 0 Å². The van der Waals surface area contributed by atoms with Crippen molar-refractivity contribution in [3.63, 3.8) is 0 Å². The summed E-state index contributed by atoms with van der Waals surface area (Å²) in [4.78, 5) is 14.6. The van der Waals surface area contributed by atoms with Gasteiger partial charge in [0.05, 0.1) is 10.5 Å². The molecule has 0 aliphatic carbocycles. The molecule has 4 heteroatoms. The summed E-state index contributed by atoms with van der Waals surface area (Å²) in [5, 5.41) is 11.6. The van der Waals surface area contributed by atoms with Crippen molar-refractivity contribution in [3.05, 3.63) is 52.4 Å². The largest absolute Gasteiger partial charge is 0.512 e. The minimum Gasteiger partial charge on any atom is -0.512 e. The second-order valence-corrected chi connectivity index (χ2v) is 6.08. The van der Waals surface area contributed by atoms with Gasteiger partial charge in [-0.1, -0.05) is 30.0 Å². The summed E-state index contributed by atoms with van der Waals surface area (Å²) in [6.45, 7) is 3.03. The van der Waals surface area contributed by atoms with E-state index < -0.39 is 0 Å². The first-order valence-electron chi connectivity index (χ1n) is 5.81. The van der Waals surface area contributed by atoms with Crippen LogP contribution in [0.3, 0.4) is 0 Å². The third kappa shape index (κ3) is 3.28. The lowest BCUT2D eigenvalue weighted by Crippen LogP contribution is -1.98. The molecule has 0 radical (unpaired) electrons. The number of benzene rings is 1. The molecule has 2 rings (SSSR count). The van der Waals surface area contributed by atoms with Gasteiger partial charge in [-0.05, 0) is 37.4 Å². The lowest BCUT2D eigenvalue weighted by molar-refractivity contribution is -0.111. The number of carbonyl (C=O) groups excluding carboxylic acids is 1. The zero-order chi connectivity index (χ0) is 13.8. The predicted octanol–water partition coefficient (Wildman–Crippen LogP) is 4.78. The van der Waals surface area contributed by atoms with E-state index in [4.69, 9.17) is 0 Å². The molecular weight excluding hydrogens is 276 g/mol. The van der Waals surface area contributed by atoms with Crippen LogP contribution in [-0.4, -0.2) is 10.9 Å². The first kappa shape index (κ1) is 13.9. The molecule has 2 nitrogen and oxygen atoms in total. The van der Waals surface area contributed by atoms with Crippen LogP contribution in [0.5, 0.6) is 0 Å². The van der Waals surface area contributed by atoms with Gasteiger partial charge in [-0.25, -0.2) is 0 Å². The number of aliphatic hydroxyl groups is 1. The molecule has 0 saturated carbocycles. The molecule has 2 aromatic rings. The number of hydrogen-bond acceptors (Lipinski definition) is 4. The van der Waals surface area contributed by atoms with Crippen molar-refractivity contribution in [2.24, 2.45) is 0 Å². The number of ketones is 1. The molecule has 19 heavy (non-hydrogen) atoms. The van der Waals surface area contributed by atoms with E-state index in [1.807, 2.05) is 41.8 Å². The average Bonchev–Trinajstić information content (AvgIpc) is 2.78. The maximum absolute atomic E-state index is 11.7. The zero-order valence-corrected chi connectivity index (χ0v) is 12.3. The summed E-state index contributed by atoms with van der Waals surface area (Å²) >= 11 is 3.07. The molecule has 0 bridgehead atoms. The Morgan fingerprint density at radius 3 is 2.42 bits per heavy atom. The molecule has 0 saturated heterocycles. The Labute approximate surface area is 120 Å². The molecular formula is C15H14O2S2. The van der Waals surface area contributed by atoms with E-state index in [0.29, 0.717) is 5.57 Å². The van der Waals surface area contributed by atoms with E-state index in [0.717, 1.165) is 14.7 Å². The smallest absolute Gasteiger partial charge is 0.164 e. The molecule has 0 spiro atoms. The van der Waals surface area contributed by atoms with Gasteiger partial charge in [-0.2, -0.15) is 0 Å². The average molecular weight is 290 g/mol. The van der Waals surface area contributed by atoms with Gasteiger partial charge in [0.2, 0.25) is 0 Å². The number of aliphatic hydroxyl groups excluding tert-OH is 1. The monoisotopic (exact) mass is 290 g/mol. The minimum atomic E-state index is -0.114. The molecule has 98 valence electrons. The van der Waals surface area contributed by atoms with E-state index in [1.165, 1.54) is 18.3 Å². The van der Waals surface area contributed by atoms with Crippen LogP contribution in [0.4, 0.5) is 0 Å². The summed E-state index contributed by atoms with van der Waals surface area (Å²) in [5.41, 5.74) is 0.411. The number of Topliss-reactive ketones (excluding diaryl/α,β-unsaturated/α-hetero) is 1. The van der Waals surface area contributed by atoms with Crippen molar-refractivity contribution >= 4 is 34.5 Å². The molecule has 1 aromatic carbocycles. The number of allylic oxidation sites excluding steroid dienone is 2. The van der Waals surface area contributed by atoms with Gasteiger partial charge < -0.3 is 5.11 Å². The van der Waals surface area contributed by atoms with Crippen molar-refractivity contribution < 1.29 is 9.90 Å². The Kier molecular flexibility index (Phi) is 4.45. The summed E-state index contributed by atoms with van der Waals surface area (Å²) in [7, 11) is 0. The standard InChI is InChI=1S/C15H14O2S2/c1-10(16)14(11(2)17)15-13(8-9-18-15)19-12-6-4-3-5-7-12/h3-9,16H,1-2H3/b14-10-. The fourth-order valence-electron chi connectivity index (χ4n) is 1.75. The van der Waals surface area contributed by atoms with Crippen LogP contribution in [0.2, 0.25) is 0 Å². The highest BCUT2D eigenvalue weighted by atomic mass is 32.2. The fraction of sp³-hybridized carbons (Fsp3) is 0.133. The number of hydrogen-bond donors (Lipinski definition) is 1. The minimum absolute atomic E-state index is 0.0739. The molecule has 0 amide bonds. The second-order valence-electron chi connectivity index (χ2n) is 4.05. The maximum atomic E-state index is 11.7. The first-order valence-corrected chi connectivity index (χ1v) is 7.50. The SMILES string of the molecule is CC(=O)/C(=C(\C)O)c1sccc1Sc1ccccc1. The zero-order valence-electron chi connectivity index (χ0n) is 10.7. The van der Waals surface area contributed by atoms with Crippen LogP contribution in [0.25, 0.3) is 5.57 Å². The number of carbonyl (C=O) groups is 1. The second kappa shape index (κ2) is 6.08. The van der Waals surface area contributed by atoms with Gasteiger partial charge in [-0.15, -0.1) is 11.3 Å². The van der Waals surface area contributed by atoms with Crippen LogP contribution in [0.15, 0.2) is 57.3 Å². The number of rotatable bonds is 4. The summed E-state index contributed by atoms with van der Waals surface area (Å²) in [5.74, 6) is -0.0396. The van der Waals surface area contributed by atoms with Crippen molar-refractivity contribution in [1.82, 2.24) is 0 Å². The Balaban J connectivity index is 2.38. The molecule has 1 aromatic heterocycles. The Morgan fingerprint density at radius 2 is 1.84 bits per heavy atom. The van der Waals surface area contributed by atoms with Crippen LogP contribution in [0.1, 0.15) is 18.7 Å². The highest BCUT2D eigenvalue weighted by Gasteiger charge is 2.17. The number of thiophene rings is 1. The van der Waals surface area contributed by atoms with E-state index in [-0.39, 0.29) is 11.5 Å². The fourth-order valence-corrected chi connectivity index (χ4v) is 3.92. The molecule has 0 unspecified atom stereocenters. The van der Waals surface area contributed by atoms with E-state index >= 15 is 0 Å². The van der Waals surface area contributed by atoms with E-state index in [9.17, 15) is 9.90 Å². The van der Waals surface area contributed by atoms with Crippen molar-refractivity contribution in [2.75, 3.05) is 0 Å². The molecule has 1 N–H and O–H groups in total. The third-order valence-corrected chi connectivity index (χ3v) is 4.67. The lowest BCUT2D eigenvalue weighted by atomic mass is 10.1. The Morgan fingerprint density at radius 1 is 1.16 bits per heavy atom. The van der Waals surface area contributed by atoms with Gasteiger partial charge >= 0.3 is 0 Å². The summed E-state index contributed by atoms with van der Waals surface area (Å²) in [6, 6.07) is 12.0. The van der Waals surface area contributed by atoms with Gasteiger partial charge in [-0.3, -0.25) is 4.79 Å². The van der Waals surface area contributed by atoms with Gasteiger partial charge in [0.25, 0.3) is 0 Å². The van der Waals surface area contributed by atoms with Crippen LogP contribution >= 0.6 is 23.1 Å². The third-order valence-electron chi connectivity index (χ3n) is 2.54. The Bertz CT molecular complexity index is 608. The molecule has 0 fully saturated rings. The highest BCUT2D eigenvalue weighted by Crippen LogP contribution is 2.38. The highest BCUT2D eigenvalue weighted by molar-refractivity contribution is 7.99. The summed E-state index contributed by atoms with van der Waals surface area (Å²) in [6.07, 6.45) is 0. The van der Waals surface area contributed by atoms with Gasteiger partial charge in [0.15, 0.2) is 5.78 Å². The van der Waals surface area contributed by atoms with Gasteiger partial charge in [0, 0.05) is 9.79 Å².